The third kappa shape index (κ3) is 4.33. The van der Waals surface area contributed by atoms with Gasteiger partial charge >= 0.3 is 0 Å². The summed E-state index contributed by atoms with van der Waals surface area (Å²) in [5.41, 5.74) is 2.77. The van der Waals surface area contributed by atoms with Crippen LogP contribution in [0.5, 0.6) is 11.5 Å². The zero-order chi connectivity index (χ0) is 19.3. The second-order valence-electron chi connectivity index (χ2n) is 5.99. The Bertz CT molecular complexity index is 792. The van der Waals surface area contributed by atoms with Gasteiger partial charge in [-0.1, -0.05) is 18.2 Å². The van der Waals surface area contributed by atoms with Crippen molar-refractivity contribution in [3.8, 4) is 11.5 Å². The molecule has 0 bridgehead atoms. The number of carbonyl (C=O) groups excluding carboxylic acids is 2. The van der Waals surface area contributed by atoms with Crippen LogP contribution in [0.1, 0.15) is 28.4 Å². The average molecular weight is 356 g/mol. The highest BCUT2D eigenvalue weighted by molar-refractivity contribution is 6.05. The first-order chi connectivity index (χ1) is 12.4. The van der Waals surface area contributed by atoms with Crippen LogP contribution in [0.2, 0.25) is 0 Å². The van der Waals surface area contributed by atoms with Crippen molar-refractivity contribution in [2.75, 3.05) is 26.6 Å². The van der Waals surface area contributed by atoms with Gasteiger partial charge in [-0.3, -0.25) is 9.59 Å². The van der Waals surface area contributed by atoms with Crippen molar-refractivity contribution in [1.82, 2.24) is 4.90 Å². The van der Waals surface area contributed by atoms with Crippen molar-refractivity contribution in [3.05, 3.63) is 53.1 Å². The molecular weight excluding hydrogens is 332 g/mol. The van der Waals surface area contributed by atoms with Gasteiger partial charge in [-0.05, 0) is 30.7 Å². The Hall–Kier alpha value is -3.02. The Labute approximate surface area is 153 Å². The minimum Gasteiger partial charge on any atom is -0.496 e. The number of methoxy groups -OCH3 is 2. The van der Waals surface area contributed by atoms with E-state index in [1.807, 2.05) is 31.2 Å². The molecule has 2 amide bonds. The Balaban J connectivity index is 2.30. The zero-order valence-corrected chi connectivity index (χ0v) is 15.8. The van der Waals surface area contributed by atoms with E-state index in [-0.39, 0.29) is 11.8 Å². The maximum Gasteiger partial charge on any atom is 0.255 e. The lowest BCUT2D eigenvalue weighted by molar-refractivity contribution is -0.128. The van der Waals surface area contributed by atoms with Gasteiger partial charge in [-0.25, -0.2) is 0 Å². The number of nitrogens with zero attached hydrogens (tertiary/aromatic N) is 1. The molecule has 0 aliphatic heterocycles. The van der Waals surface area contributed by atoms with E-state index in [0.29, 0.717) is 29.3 Å². The summed E-state index contributed by atoms with van der Waals surface area (Å²) in [7, 11) is 4.82. The number of rotatable bonds is 6. The summed E-state index contributed by atoms with van der Waals surface area (Å²) in [6.45, 7) is 3.78. The largest absolute Gasteiger partial charge is 0.496 e. The molecule has 138 valence electrons. The molecule has 1 N–H and O–H groups in total. The smallest absolute Gasteiger partial charge is 0.255 e. The third-order valence-electron chi connectivity index (χ3n) is 4.23. The summed E-state index contributed by atoms with van der Waals surface area (Å²) >= 11 is 0. The Morgan fingerprint density at radius 1 is 1.08 bits per heavy atom. The van der Waals surface area contributed by atoms with Crippen LogP contribution in [-0.2, 0) is 11.3 Å². The zero-order valence-electron chi connectivity index (χ0n) is 15.8. The number of anilines is 1. The number of nitrogens with one attached hydrogen (secondary N) is 1. The van der Waals surface area contributed by atoms with Crippen LogP contribution in [-0.4, -0.2) is 38.0 Å². The summed E-state index contributed by atoms with van der Waals surface area (Å²) in [5.74, 6) is 0.844. The average Bonchev–Trinajstić information content (AvgIpc) is 2.63. The van der Waals surface area contributed by atoms with Crippen LogP contribution in [0, 0.1) is 6.92 Å². The van der Waals surface area contributed by atoms with Crippen molar-refractivity contribution in [2.24, 2.45) is 0 Å². The van der Waals surface area contributed by atoms with Crippen molar-refractivity contribution < 1.29 is 19.1 Å². The number of hydrogen-bond acceptors (Lipinski definition) is 4. The summed E-state index contributed by atoms with van der Waals surface area (Å²) in [6.07, 6.45) is 0. The summed E-state index contributed by atoms with van der Waals surface area (Å²) < 4.78 is 10.7. The third-order valence-corrected chi connectivity index (χ3v) is 4.23. The number of benzene rings is 2. The Morgan fingerprint density at radius 3 is 2.19 bits per heavy atom. The summed E-state index contributed by atoms with van der Waals surface area (Å²) in [5, 5.41) is 2.91. The van der Waals surface area contributed by atoms with E-state index in [0.717, 1.165) is 11.1 Å². The van der Waals surface area contributed by atoms with Crippen molar-refractivity contribution in [1.29, 1.82) is 0 Å². The van der Waals surface area contributed by atoms with Gasteiger partial charge in [0.05, 0.1) is 14.2 Å². The van der Waals surface area contributed by atoms with Crippen molar-refractivity contribution in [3.63, 3.8) is 0 Å². The van der Waals surface area contributed by atoms with E-state index >= 15 is 0 Å². The molecule has 6 nitrogen and oxygen atoms in total. The fraction of sp³-hybridized carbons (Fsp3) is 0.300. The first-order valence-corrected chi connectivity index (χ1v) is 8.21. The van der Waals surface area contributed by atoms with Crippen LogP contribution in [0.4, 0.5) is 5.69 Å². The van der Waals surface area contributed by atoms with E-state index in [1.165, 1.54) is 6.92 Å². The van der Waals surface area contributed by atoms with E-state index in [1.54, 1.807) is 38.3 Å². The SMILES string of the molecule is COc1cc(C(=O)Nc2ccccc2CN(C)C(C)=O)cc(OC)c1C. The van der Waals surface area contributed by atoms with Crippen LogP contribution in [0.15, 0.2) is 36.4 Å². The lowest BCUT2D eigenvalue weighted by Crippen LogP contribution is -2.24. The maximum absolute atomic E-state index is 12.7. The van der Waals surface area contributed by atoms with Gasteiger partial charge in [0.1, 0.15) is 11.5 Å². The maximum atomic E-state index is 12.7. The van der Waals surface area contributed by atoms with E-state index in [9.17, 15) is 9.59 Å². The molecule has 2 aromatic carbocycles. The van der Waals surface area contributed by atoms with E-state index in [4.69, 9.17) is 9.47 Å². The first kappa shape index (κ1) is 19.3. The minimum atomic E-state index is -0.278. The van der Waals surface area contributed by atoms with Gasteiger partial charge in [0.25, 0.3) is 5.91 Å². The molecule has 0 atom stereocenters. The molecule has 26 heavy (non-hydrogen) atoms. The molecule has 0 radical (unpaired) electrons. The number of hydrogen-bond donors (Lipinski definition) is 1. The lowest BCUT2D eigenvalue weighted by atomic mass is 10.1. The Morgan fingerprint density at radius 2 is 1.65 bits per heavy atom. The van der Waals surface area contributed by atoms with Gasteiger partial charge in [0, 0.05) is 37.3 Å². The molecule has 0 fully saturated rings. The van der Waals surface area contributed by atoms with Gasteiger partial charge < -0.3 is 19.7 Å². The second kappa shape index (κ2) is 8.38. The molecule has 0 unspecified atom stereocenters. The van der Waals surface area contributed by atoms with Gasteiger partial charge in [-0.15, -0.1) is 0 Å². The quantitative estimate of drug-likeness (QED) is 0.863. The fourth-order valence-electron chi connectivity index (χ4n) is 2.56. The number of para-hydroxylation sites is 1. The van der Waals surface area contributed by atoms with Crippen molar-refractivity contribution >= 4 is 17.5 Å². The molecule has 2 rings (SSSR count). The molecule has 0 aromatic heterocycles. The van der Waals surface area contributed by atoms with Gasteiger partial charge in [-0.2, -0.15) is 0 Å². The van der Waals surface area contributed by atoms with E-state index < -0.39 is 0 Å². The van der Waals surface area contributed by atoms with Crippen LogP contribution < -0.4 is 14.8 Å². The fourth-order valence-corrected chi connectivity index (χ4v) is 2.56. The lowest BCUT2D eigenvalue weighted by Gasteiger charge is -2.18. The second-order valence-corrected chi connectivity index (χ2v) is 5.99. The number of ether oxygens (including phenoxy) is 2. The molecule has 0 saturated carbocycles. The number of amides is 2. The van der Waals surface area contributed by atoms with Crippen molar-refractivity contribution in [2.45, 2.75) is 20.4 Å². The molecular formula is C20H24N2O4. The molecule has 0 saturated heterocycles. The molecule has 0 aliphatic rings. The normalized spacial score (nSPS) is 10.2. The highest BCUT2D eigenvalue weighted by atomic mass is 16.5. The number of carbonyl (C=O) groups is 2. The van der Waals surface area contributed by atoms with Crippen LogP contribution >= 0.6 is 0 Å². The summed E-state index contributed by atoms with van der Waals surface area (Å²) in [4.78, 5) is 25.8. The van der Waals surface area contributed by atoms with E-state index in [2.05, 4.69) is 5.32 Å². The first-order valence-electron chi connectivity index (χ1n) is 8.21. The van der Waals surface area contributed by atoms with Gasteiger partial charge in [0.2, 0.25) is 5.91 Å². The highest BCUT2D eigenvalue weighted by Crippen LogP contribution is 2.30. The summed E-state index contributed by atoms with van der Waals surface area (Å²) in [6, 6.07) is 10.8. The predicted octanol–water partition coefficient (Wildman–Crippen LogP) is 3.24. The van der Waals surface area contributed by atoms with Crippen LogP contribution in [0.3, 0.4) is 0 Å². The standard InChI is InChI=1S/C20H24N2O4/c1-13-18(25-4)10-16(11-19(13)26-5)20(24)21-17-9-7-6-8-15(17)12-22(3)14(2)23/h6-11H,12H2,1-5H3,(H,21,24). The van der Waals surface area contributed by atoms with Gasteiger partial charge in [0.15, 0.2) is 0 Å². The molecule has 0 heterocycles. The molecule has 6 heteroatoms. The predicted molar refractivity (Wildman–Crippen MR) is 101 cm³/mol. The molecule has 0 aliphatic carbocycles. The monoisotopic (exact) mass is 356 g/mol. The Kier molecular flexibility index (Phi) is 6.22. The molecule has 0 spiro atoms. The topological polar surface area (TPSA) is 67.9 Å². The van der Waals surface area contributed by atoms with Crippen LogP contribution in [0.25, 0.3) is 0 Å². The molecule has 2 aromatic rings. The minimum absolute atomic E-state index is 0.0425. The highest BCUT2D eigenvalue weighted by Gasteiger charge is 2.15.